The number of carbonyl (C=O) groups excluding carboxylic acids is 1. The number of pyridine rings is 1. The quantitative estimate of drug-likeness (QED) is 0.550. The zero-order chi connectivity index (χ0) is 18.6. The van der Waals surface area contributed by atoms with Crippen LogP contribution < -0.4 is 9.46 Å². The van der Waals surface area contributed by atoms with Gasteiger partial charge in [-0.15, -0.1) is 0 Å². The lowest BCUT2D eigenvalue weighted by atomic mass is 10.1. The number of hydrogen-bond donors (Lipinski definition) is 1. The molecule has 1 aromatic heterocycles. The molecule has 0 aliphatic carbocycles. The van der Waals surface area contributed by atoms with Crippen molar-refractivity contribution in [1.29, 1.82) is 0 Å². The van der Waals surface area contributed by atoms with E-state index >= 15 is 0 Å². The molecular formula is C19H16N2O4S. The van der Waals surface area contributed by atoms with Crippen LogP contribution in [0, 0.1) is 0 Å². The Balaban J connectivity index is 2.06. The number of carbonyl (C=O) groups is 1. The van der Waals surface area contributed by atoms with Crippen LogP contribution in [0.3, 0.4) is 0 Å². The van der Waals surface area contributed by atoms with E-state index < -0.39 is 16.0 Å². The van der Waals surface area contributed by atoms with Crippen molar-refractivity contribution < 1.29 is 17.9 Å². The van der Waals surface area contributed by atoms with Gasteiger partial charge in [0.15, 0.2) is 0 Å². The van der Waals surface area contributed by atoms with E-state index in [9.17, 15) is 13.2 Å². The van der Waals surface area contributed by atoms with Gasteiger partial charge >= 0.3 is 5.97 Å². The molecule has 0 spiro atoms. The second-order valence-electron chi connectivity index (χ2n) is 5.43. The summed E-state index contributed by atoms with van der Waals surface area (Å²) in [6, 6.07) is 18.1. The SMILES string of the molecule is CC(=O)Oc1ccc(-c2ccccn2)c(NS(=O)(=O)c2ccccc2)c1. The predicted octanol–water partition coefficient (Wildman–Crippen LogP) is 3.47. The molecule has 7 heteroatoms. The zero-order valence-electron chi connectivity index (χ0n) is 13.9. The lowest BCUT2D eigenvalue weighted by molar-refractivity contribution is -0.131. The van der Waals surface area contributed by atoms with Crippen LogP contribution in [-0.2, 0) is 14.8 Å². The van der Waals surface area contributed by atoms with Gasteiger partial charge in [-0.2, -0.15) is 0 Å². The maximum Gasteiger partial charge on any atom is 0.308 e. The molecule has 0 bridgehead atoms. The van der Waals surface area contributed by atoms with Gasteiger partial charge in [0.2, 0.25) is 0 Å². The van der Waals surface area contributed by atoms with Crippen molar-refractivity contribution >= 4 is 21.7 Å². The minimum atomic E-state index is -3.81. The van der Waals surface area contributed by atoms with Crippen LogP contribution in [0.4, 0.5) is 5.69 Å². The first kappa shape index (κ1) is 17.6. The average molecular weight is 368 g/mol. The summed E-state index contributed by atoms with van der Waals surface area (Å²) in [5.74, 6) is -0.254. The largest absolute Gasteiger partial charge is 0.427 e. The van der Waals surface area contributed by atoms with Crippen molar-refractivity contribution in [2.75, 3.05) is 4.72 Å². The van der Waals surface area contributed by atoms with Crippen molar-refractivity contribution in [1.82, 2.24) is 4.98 Å². The Hall–Kier alpha value is -3.19. The number of rotatable bonds is 5. The highest BCUT2D eigenvalue weighted by Gasteiger charge is 2.18. The first-order chi connectivity index (χ1) is 12.5. The molecule has 1 heterocycles. The van der Waals surface area contributed by atoms with E-state index in [1.165, 1.54) is 25.1 Å². The van der Waals surface area contributed by atoms with Crippen LogP contribution in [-0.4, -0.2) is 19.4 Å². The van der Waals surface area contributed by atoms with Crippen LogP contribution in [0.5, 0.6) is 5.75 Å². The lowest BCUT2D eigenvalue weighted by Gasteiger charge is -2.14. The first-order valence-corrected chi connectivity index (χ1v) is 9.26. The number of benzene rings is 2. The van der Waals surface area contributed by atoms with Gasteiger partial charge < -0.3 is 4.74 Å². The fraction of sp³-hybridized carbons (Fsp3) is 0.0526. The van der Waals surface area contributed by atoms with Crippen molar-refractivity contribution in [2.45, 2.75) is 11.8 Å². The third kappa shape index (κ3) is 4.07. The fourth-order valence-corrected chi connectivity index (χ4v) is 3.48. The van der Waals surface area contributed by atoms with Crippen molar-refractivity contribution in [3.8, 4) is 17.0 Å². The molecule has 26 heavy (non-hydrogen) atoms. The highest BCUT2D eigenvalue weighted by molar-refractivity contribution is 7.92. The molecule has 3 rings (SSSR count). The standard InChI is InChI=1S/C19H16N2O4S/c1-14(22)25-15-10-11-17(18-9-5-6-12-20-18)19(13-15)21-26(23,24)16-7-3-2-4-8-16/h2-13,21H,1H3. The third-order valence-corrected chi connectivity index (χ3v) is 4.87. The maximum absolute atomic E-state index is 12.7. The smallest absolute Gasteiger partial charge is 0.308 e. The lowest BCUT2D eigenvalue weighted by Crippen LogP contribution is -2.14. The number of hydrogen-bond acceptors (Lipinski definition) is 5. The number of anilines is 1. The molecule has 0 radical (unpaired) electrons. The molecule has 0 atom stereocenters. The molecule has 1 N–H and O–H groups in total. The normalized spacial score (nSPS) is 11.0. The monoisotopic (exact) mass is 368 g/mol. The van der Waals surface area contributed by atoms with Gasteiger partial charge in [-0.25, -0.2) is 8.42 Å². The van der Waals surface area contributed by atoms with Crippen molar-refractivity contribution in [3.05, 3.63) is 72.9 Å². The van der Waals surface area contributed by atoms with E-state index in [4.69, 9.17) is 4.74 Å². The molecule has 0 saturated carbocycles. The molecule has 0 fully saturated rings. The summed E-state index contributed by atoms with van der Waals surface area (Å²) in [4.78, 5) is 15.6. The Kier molecular flexibility index (Phi) is 4.99. The molecule has 0 amide bonds. The van der Waals surface area contributed by atoms with Crippen LogP contribution >= 0.6 is 0 Å². The van der Waals surface area contributed by atoms with E-state index in [0.717, 1.165) is 0 Å². The van der Waals surface area contributed by atoms with Crippen LogP contribution in [0.15, 0.2) is 77.8 Å². The van der Waals surface area contributed by atoms with Gasteiger partial charge in [-0.3, -0.25) is 14.5 Å². The second kappa shape index (κ2) is 7.37. The minimum Gasteiger partial charge on any atom is -0.427 e. The number of nitrogens with zero attached hydrogens (tertiary/aromatic N) is 1. The number of aromatic nitrogens is 1. The molecule has 0 aliphatic rings. The predicted molar refractivity (Wildman–Crippen MR) is 98.2 cm³/mol. The molecule has 3 aromatic rings. The summed E-state index contributed by atoms with van der Waals surface area (Å²) in [5, 5.41) is 0. The topological polar surface area (TPSA) is 85.4 Å². The van der Waals surface area contributed by atoms with Gasteiger partial charge in [-0.1, -0.05) is 24.3 Å². The number of nitrogens with one attached hydrogen (secondary N) is 1. The van der Waals surface area contributed by atoms with Gasteiger partial charge in [-0.05, 0) is 36.4 Å². The Morgan fingerprint density at radius 3 is 2.38 bits per heavy atom. The van der Waals surface area contributed by atoms with Crippen LogP contribution in [0.2, 0.25) is 0 Å². The number of sulfonamides is 1. The van der Waals surface area contributed by atoms with E-state index in [1.54, 1.807) is 54.7 Å². The van der Waals surface area contributed by atoms with Gasteiger partial charge in [0, 0.05) is 24.8 Å². The van der Waals surface area contributed by atoms with E-state index in [-0.39, 0.29) is 16.3 Å². The molecular weight excluding hydrogens is 352 g/mol. The second-order valence-corrected chi connectivity index (χ2v) is 7.12. The molecule has 2 aromatic carbocycles. The number of ether oxygens (including phenoxy) is 1. The fourth-order valence-electron chi connectivity index (χ4n) is 2.39. The molecule has 0 saturated heterocycles. The maximum atomic E-state index is 12.7. The van der Waals surface area contributed by atoms with Crippen LogP contribution in [0.25, 0.3) is 11.3 Å². The van der Waals surface area contributed by atoms with Gasteiger partial charge in [0.05, 0.1) is 16.3 Å². The van der Waals surface area contributed by atoms with Gasteiger partial charge in [0.1, 0.15) is 5.75 Å². The van der Waals surface area contributed by atoms with Gasteiger partial charge in [0.25, 0.3) is 10.0 Å². The minimum absolute atomic E-state index is 0.130. The highest BCUT2D eigenvalue weighted by atomic mass is 32.2. The highest BCUT2D eigenvalue weighted by Crippen LogP contribution is 2.32. The molecule has 0 aliphatic heterocycles. The Bertz CT molecular complexity index is 1020. The van der Waals surface area contributed by atoms with E-state index in [0.29, 0.717) is 11.3 Å². The third-order valence-electron chi connectivity index (χ3n) is 3.49. The summed E-state index contributed by atoms with van der Waals surface area (Å²) in [6.45, 7) is 1.28. The molecule has 6 nitrogen and oxygen atoms in total. The summed E-state index contributed by atoms with van der Waals surface area (Å²) >= 11 is 0. The average Bonchev–Trinajstić information content (AvgIpc) is 2.63. The van der Waals surface area contributed by atoms with Crippen LogP contribution in [0.1, 0.15) is 6.92 Å². The molecule has 132 valence electrons. The summed E-state index contributed by atoms with van der Waals surface area (Å²) < 4.78 is 33.0. The summed E-state index contributed by atoms with van der Waals surface area (Å²) in [6.07, 6.45) is 1.62. The van der Waals surface area contributed by atoms with Crippen molar-refractivity contribution in [3.63, 3.8) is 0 Å². The Morgan fingerprint density at radius 2 is 1.73 bits per heavy atom. The zero-order valence-corrected chi connectivity index (χ0v) is 14.7. The summed E-state index contributed by atoms with van der Waals surface area (Å²) in [5.41, 5.74) is 1.43. The first-order valence-electron chi connectivity index (χ1n) is 7.77. The summed E-state index contributed by atoms with van der Waals surface area (Å²) in [7, 11) is -3.81. The van der Waals surface area contributed by atoms with E-state index in [2.05, 4.69) is 9.71 Å². The molecule has 0 unspecified atom stereocenters. The van der Waals surface area contributed by atoms with Crippen molar-refractivity contribution in [2.24, 2.45) is 0 Å². The Labute approximate surface area is 151 Å². The van der Waals surface area contributed by atoms with E-state index in [1.807, 2.05) is 0 Å². The Morgan fingerprint density at radius 1 is 1.00 bits per heavy atom. The number of esters is 1.